The molecule has 0 fully saturated rings. The number of ether oxygens (including phenoxy) is 2. The Balaban J connectivity index is 1.99. The Morgan fingerprint density at radius 2 is 1.95 bits per heavy atom. The van der Waals surface area contributed by atoms with Crippen molar-refractivity contribution in [2.75, 3.05) is 13.7 Å². The lowest BCUT2D eigenvalue weighted by molar-refractivity contribution is 0.0357. The molecular weight excluding hydrogens is 282 g/mol. The zero-order valence-corrected chi connectivity index (χ0v) is 13.4. The van der Waals surface area contributed by atoms with Gasteiger partial charge in [0, 0.05) is 17.3 Å². The lowest BCUT2D eigenvalue weighted by Gasteiger charge is -2.24. The molecule has 1 heterocycles. The molecule has 2 rings (SSSR count). The van der Waals surface area contributed by atoms with Crippen molar-refractivity contribution < 1.29 is 9.47 Å². The van der Waals surface area contributed by atoms with Gasteiger partial charge in [0.25, 0.3) is 0 Å². The third kappa shape index (κ3) is 4.56. The monoisotopic (exact) mass is 305 g/mol. The summed E-state index contributed by atoms with van der Waals surface area (Å²) in [5, 5.41) is 2.09. The predicted octanol–water partition coefficient (Wildman–Crippen LogP) is 3.79. The molecule has 1 aromatic carbocycles. The van der Waals surface area contributed by atoms with Crippen LogP contribution in [0.4, 0.5) is 0 Å². The van der Waals surface area contributed by atoms with E-state index in [1.165, 1.54) is 4.88 Å². The highest BCUT2D eigenvalue weighted by molar-refractivity contribution is 7.09. The average Bonchev–Trinajstić information content (AvgIpc) is 3.04. The Morgan fingerprint density at radius 1 is 1.19 bits per heavy atom. The second kappa shape index (κ2) is 8.17. The zero-order valence-electron chi connectivity index (χ0n) is 12.6. The van der Waals surface area contributed by atoms with Crippen molar-refractivity contribution >= 4 is 11.3 Å². The van der Waals surface area contributed by atoms with Gasteiger partial charge in [-0.1, -0.05) is 25.1 Å². The Hall–Kier alpha value is -1.36. The van der Waals surface area contributed by atoms with E-state index in [4.69, 9.17) is 15.2 Å². The highest BCUT2D eigenvalue weighted by Crippen LogP contribution is 2.25. The normalized spacial score (nSPS) is 13.9. The number of hydrogen-bond acceptors (Lipinski definition) is 4. The van der Waals surface area contributed by atoms with Gasteiger partial charge in [-0.25, -0.2) is 0 Å². The number of nitrogens with two attached hydrogens (primary N) is 1. The van der Waals surface area contributed by atoms with Crippen LogP contribution in [0.1, 0.15) is 29.9 Å². The van der Waals surface area contributed by atoms with Gasteiger partial charge in [0.05, 0.1) is 19.8 Å². The van der Waals surface area contributed by atoms with E-state index in [9.17, 15) is 0 Å². The molecule has 0 spiro atoms. The van der Waals surface area contributed by atoms with E-state index in [-0.39, 0.29) is 12.1 Å². The molecule has 4 heteroatoms. The molecule has 0 radical (unpaired) electrons. The second-order valence-electron chi connectivity index (χ2n) is 4.97. The zero-order chi connectivity index (χ0) is 15.1. The lowest BCUT2D eigenvalue weighted by atomic mass is 10.0. The third-order valence-corrected chi connectivity index (χ3v) is 4.47. The van der Waals surface area contributed by atoms with Gasteiger partial charge < -0.3 is 15.2 Å². The number of benzene rings is 1. The molecule has 3 nitrogen and oxygen atoms in total. The van der Waals surface area contributed by atoms with Crippen LogP contribution in [0.5, 0.6) is 5.75 Å². The molecule has 0 aliphatic carbocycles. The van der Waals surface area contributed by atoms with Crippen molar-refractivity contribution in [2.24, 2.45) is 5.73 Å². The van der Waals surface area contributed by atoms with E-state index >= 15 is 0 Å². The average molecular weight is 305 g/mol. The first kappa shape index (κ1) is 16.0. The van der Waals surface area contributed by atoms with Gasteiger partial charge in [-0.3, -0.25) is 0 Å². The van der Waals surface area contributed by atoms with Crippen LogP contribution in [-0.4, -0.2) is 19.8 Å². The number of methoxy groups -OCH3 is 1. The van der Waals surface area contributed by atoms with Gasteiger partial charge in [-0.2, -0.15) is 0 Å². The van der Waals surface area contributed by atoms with Crippen molar-refractivity contribution in [2.45, 2.75) is 31.9 Å². The fourth-order valence-corrected chi connectivity index (χ4v) is 2.91. The molecule has 0 saturated carbocycles. The molecule has 0 aliphatic heterocycles. The second-order valence-corrected chi connectivity index (χ2v) is 6.00. The van der Waals surface area contributed by atoms with Gasteiger partial charge in [0.1, 0.15) is 5.75 Å². The van der Waals surface area contributed by atoms with E-state index < -0.39 is 0 Å². The fourth-order valence-electron chi connectivity index (χ4n) is 2.22. The van der Waals surface area contributed by atoms with E-state index in [1.54, 1.807) is 18.4 Å². The minimum absolute atomic E-state index is 0.00160. The van der Waals surface area contributed by atoms with Crippen LogP contribution in [0.15, 0.2) is 41.8 Å². The Bertz CT molecular complexity index is 510. The fraction of sp³-hybridized carbons (Fsp3) is 0.412. The van der Waals surface area contributed by atoms with Crippen molar-refractivity contribution in [3.05, 3.63) is 52.2 Å². The van der Waals surface area contributed by atoms with Gasteiger partial charge in [-0.15, -0.1) is 11.3 Å². The largest absolute Gasteiger partial charge is 0.497 e. The van der Waals surface area contributed by atoms with Crippen LogP contribution in [0.2, 0.25) is 0 Å². The smallest absolute Gasteiger partial charge is 0.118 e. The first-order valence-corrected chi connectivity index (χ1v) is 8.16. The van der Waals surface area contributed by atoms with Gasteiger partial charge in [0.2, 0.25) is 0 Å². The minimum Gasteiger partial charge on any atom is -0.497 e. The van der Waals surface area contributed by atoms with E-state index in [1.807, 2.05) is 24.3 Å². The van der Waals surface area contributed by atoms with Crippen molar-refractivity contribution in [3.8, 4) is 5.75 Å². The first-order chi connectivity index (χ1) is 10.2. The Labute approximate surface area is 130 Å². The molecule has 114 valence electrons. The molecule has 0 saturated heterocycles. The molecule has 2 N–H and O–H groups in total. The van der Waals surface area contributed by atoms with Crippen LogP contribution >= 0.6 is 11.3 Å². The van der Waals surface area contributed by atoms with E-state index in [2.05, 4.69) is 24.4 Å². The topological polar surface area (TPSA) is 44.5 Å². The van der Waals surface area contributed by atoms with Crippen LogP contribution in [0.25, 0.3) is 0 Å². The standard InChI is InChI=1S/C17H23NO2S/c1-3-16(18)17(13-6-8-14(19-2)9-7-13)20-11-10-15-5-4-12-21-15/h4-9,12,16-17H,3,10-11,18H2,1-2H3. The molecule has 0 bridgehead atoms. The molecule has 2 unspecified atom stereocenters. The summed E-state index contributed by atoms with van der Waals surface area (Å²) in [6, 6.07) is 12.2. The molecule has 2 atom stereocenters. The number of hydrogen-bond donors (Lipinski definition) is 1. The van der Waals surface area contributed by atoms with Gasteiger partial charge in [-0.05, 0) is 35.6 Å². The van der Waals surface area contributed by atoms with Crippen molar-refractivity contribution in [1.82, 2.24) is 0 Å². The summed E-state index contributed by atoms with van der Waals surface area (Å²) in [5.41, 5.74) is 7.33. The summed E-state index contributed by atoms with van der Waals surface area (Å²) in [6.45, 7) is 2.77. The Morgan fingerprint density at radius 3 is 2.52 bits per heavy atom. The van der Waals surface area contributed by atoms with Crippen molar-refractivity contribution in [3.63, 3.8) is 0 Å². The van der Waals surface area contributed by atoms with Crippen LogP contribution in [-0.2, 0) is 11.2 Å². The minimum atomic E-state index is -0.0686. The van der Waals surface area contributed by atoms with Gasteiger partial charge in [0.15, 0.2) is 0 Å². The highest BCUT2D eigenvalue weighted by atomic mass is 32.1. The molecule has 1 aromatic heterocycles. The highest BCUT2D eigenvalue weighted by Gasteiger charge is 2.19. The summed E-state index contributed by atoms with van der Waals surface area (Å²) in [6.07, 6.45) is 1.75. The van der Waals surface area contributed by atoms with Crippen LogP contribution < -0.4 is 10.5 Å². The molecule has 21 heavy (non-hydrogen) atoms. The summed E-state index contributed by atoms with van der Waals surface area (Å²) in [5.74, 6) is 0.848. The SMILES string of the molecule is CCC(N)C(OCCc1cccs1)c1ccc(OC)cc1. The summed E-state index contributed by atoms with van der Waals surface area (Å²) >= 11 is 1.76. The first-order valence-electron chi connectivity index (χ1n) is 7.28. The van der Waals surface area contributed by atoms with Gasteiger partial charge >= 0.3 is 0 Å². The van der Waals surface area contributed by atoms with E-state index in [0.29, 0.717) is 6.61 Å². The number of thiophene rings is 1. The molecular formula is C17H23NO2S. The predicted molar refractivity (Wildman–Crippen MR) is 88.0 cm³/mol. The third-order valence-electron chi connectivity index (χ3n) is 3.53. The van der Waals surface area contributed by atoms with Crippen LogP contribution in [0.3, 0.4) is 0 Å². The molecule has 2 aromatic rings. The number of rotatable bonds is 8. The van der Waals surface area contributed by atoms with Crippen molar-refractivity contribution in [1.29, 1.82) is 0 Å². The maximum atomic E-state index is 6.23. The maximum Gasteiger partial charge on any atom is 0.118 e. The molecule has 0 amide bonds. The maximum absolute atomic E-state index is 6.23. The quantitative estimate of drug-likeness (QED) is 0.807. The summed E-state index contributed by atoms with van der Waals surface area (Å²) in [4.78, 5) is 1.34. The van der Waals surface area contributed by atoms with E-state index in [0.717, 1.165) is 24.2 Å². The summed E-state index contributed by atoms with van der Waals surface area (Å²) in [7, 11) is 1.67. The molecule has 0 aliphatic rings. The Kier molecular flexibility index (Phi) is 6.23. The van der Waals surface area contributed by atoms with Crippen LogP contribution in [0, 0.1) is 0 Å². The summed E-state index contributed by atoms with van der Waals surface area (Å²) < 4.78 is 11.3. The lowest BCUT2D eigenvalue weighted by Crippen LogP contribution is -2.30.